The number of carbonyl (C=O) groups is 1. The van der Waals surface area contributed by atoms with Crippen LogP contribution in [0.15, 0.2) is 42.5 Å². The monoisotopic (exact) mass is 329 g/mol. The average molecular weight is 329 g/mol. The smallest absolute Gasteiger partial charge is 0.261 e. The molecule has 0 spiro atoms. The van der Waals surface area contributed by atoms with E-state index in [9.17, 15) is 4.79 Å². The highest BCUT2D eigenvalue weighted by molar-refractivity contribution is 5.80. The first-order valence-corrected chi connectivity index (χ1v) is 7.76. The van der Waals surface area contributed by atoms with Crippen molar-refractivity contribution in [3.05, 3.63) is 53.6 Å². The van der Waals surface area contributed by atoms with Gasteiger partial charge in [-0.15, -0.1) is 0 Å². The number of hydrogen-bond donors (Lipinski definition) is 1. The predicted molar refractivity (Wildman–Crippen MR) is 92.7 cm³/mol. The summed E-state index contributed by atoms with van der Waals surface area (Å²) >= 11 is 0. The summed E-state index contributed by atoms with van der Waals surface area (Å²) in [7, 11) is 3.17. The van der Waals surface area contributed by atoms with Gasteiger partial charge in [-0.05, 0) is 43.2 Å². The fraction of sp³-hybridized carbons (Fsp3) is 0.316. The number of amides is 1. The zero-order valence-electron chi connectivity index (χ0n) is 14.5. The number of ether oxygens (including phenoxy) is 3. The highest BCUT2D eigenvalue weighted by atomic mass is 16.5. The number of methoxy groups -OCH3 is 2. The molecule has 0 radical (unpaired) electrons. The van der Waals surface area contributed by atoms with Gasteiger partial charge in [-0.25, -0.2) is 0 Å². The van der Waals surface area contributed by atoms with Crippen LogP contribution in [0.4, 0.5) is 0 Å². The van der Waals surface area contributed by atoms with E-state index in [2.05, 4.69) is 5.32 Å². The second-order valence-electron chi connectivity index (χ2n) is 5.43. The molecule has 128 valence electrons. The van der Waals surface area contributed by atoms with E-state index in [0.717, 1.165) is 11.1 Å². The van der Waals surface area contributed by atoms with Gasteiger partial charge in [0.15, 0.2) is 17.6 Å². The average Bonchev–Trinajstić information content (AvgIpc) is 2.61. The summed E-state index contributed by atoms with van der Waals surface area (Å²) in [6.07, 6.45) is -0.578. The summed E-state index contributed by atoms with van der Waals surface area (Å²) in [6.45, 7) is 4.07. The number of aryl methyl sites for hydroxylation is 1. The van der Waals surface area contributed by atoms with E-state index >= 15 is 0 Å². The summed E-state index contributed by atoms with van der Waals surface area (Å²) < 4.78 is 16.2. The standard InChI is InChI=1S/C19H23NO4/c1-13-7-5-6-8-16(13)24-14(2)19(21)20-12-15-9-10-17(22-3)18(11-15)23-4/h5-11,14H,12H2,1-4H3,(H,20,21). The van der Waals surface area contributed by atoms with Crippen LogP contribution in [0, 0.1) is 6.92 Å². The lowest BCUT2D eigenvalue weighted by atomic mass is 10.2. The Labute approximate surface area is 142 Å². The van der Waals surface area contributed by atoms with Crippen LogP contribution in [-0.4, -0.2) is 26.2 Å². The van der Waals surface area contributed by atoms with Crippen LogP contribution < -0.4 is 19.5 Å². The molecule has 0 fully saturated rings. The van der Waals surface area contributed by atoms with Gasteiger partial charge in [0.2, 0.25) is 0 Å². The summed E-state index contributed by atoms with van der Waals surface area (Å²) in [4.78, 5) is 12.2. The van der Waals surface area contributed by atoms with Gasteiger partial charge < -0.3 is 19.5 Å². The van der Waals surface area contributed by atoms with Crippen molar-refractivity contribution in [2.75, 3.05) is 14.2 Å². The molecule has 0 aliphatic carbocycles. The fourth-order valence-electron chi connectivity index (χ4n) is 2.26. The Bertz CT molecular complexity index is 700. The molecule has 0 bridgehead atoms. The molecule has 1 unspecified atom stereocenters. The van der Waals surface area contributed by atoms with E-state index in [1.807, 2.05) is 49.4 Å². The minimum atomic E-state index is -0.578. The molecule has 0 aliphatic rings. The maximum absolute atomic E-state index is 12.2. The van der Waals surface area contributed by atoms with Crippen molar-refractivity contribution in [1.29, 1.82) is 0 Å². The Morgan fingerprint density at radius 3 is 2.42 bits per heavy atom. The summed E-state index contributed by atoms with van der Waals surface area (Å²) in [5, 5.41) is 2.87. The first-order valence-electron chi connectivity index (χ1n) is 7.76. The largest absolute Gasteiger partial charge is 0.493 e. The molecule has 5 nitrogen and oxygen atoms in total. The van der Waals surface area contributed by atoms with Gasteiger partial charge >= 0.3 is 0 Å². The molecular weight excluding hydrogens is 306 g/mol. The Balaban J connectivity index is 1.94. The number of nitrogens with one attached hydrogen (secondary N) is 1. The van der Waals surface area contributed by atoms with E-state index in [-0.39, 0.29) is 5.91 Å². The van der Waals surface area contributed by atoms with Crippen molar-refractivity contribution >= 4 is 5.91 Å². The lowest BCUT2D eigenvalue weighted by molar-refractivity contribution is -0.127. The molecule has 1 atom stereocenters. The van der Waals surface area contributed by atoms with Crippen molar-refractivity contribution in [2.24, 2.45) is 0 Å². The lowest BCUT2D eigenvalue weighted by Gasteiger charge is -2.16. The number of hydrogen-bond acceptors (Lipinski definition) is 4. The maximum Gasteiger partial charge on any atom is 0.261 e. The normalized spacial score (nSPS) is 11.5. The predicted octanol–water partition coefficient (Wildman–Crippen LogP) is 3.10. The SMILES string of the molecule is COc1ccc(CNC(=O)C(C)Oc2ccccc2C)cc1OC. The van der Waals surface area contributed by atoms with Gasteiger partial charge in [-0.2, -0.15) is 0 Å². The molecule has 0 saturated carbocycles. The molecule has 0 saturated heterocycles. The summed E-state index contributed by atoms with van der Waals surface area (Å²) in [5.41, 5.74) is 1.92. The minimum absolute atomic E-state index is 0.173. The van der Waals surface area contributed by atoms with Gasteiger partial charge in [-0.1, -0.05) is 24.3 Å². The van der Waals surface area contributed by atoms with Gasteiger partial charge in [-0.3, -0.25) is 4.79 Å². The van der Waals surface area contributed by atoms with Crippen LogP contribution in [0.3, 0.4) is 0 Å². The van der Waals surface area contributed by atoms with E-state index in [0.29, 0.717) is 23.8 Å². The Kier molecular flexibility index (Phi) is 6.07. The minimum Gasteiger partial charge on any atom is -0.493 e. The summed E-state index contributed by atoms with van der Waals surface area (Å²) in [5.74, 6) is 1.83. The second kappa shape index (κ2) is 8.24. The van der Waals surface area contributed by atoms with E-state index in [4.69, 9.17) is 14.2 Å². The highest BCUT2D eigenvalue weighted by Gasteiger charge is 2.15. The van der Waals surface area contributed by atoms with E-state index < -0.39 is 6.10 Å². The zero-order valence-corrected chi connectivity index (χ0v) is 14.5. The van der Waals surface area contributed by atoms with E-state index in [1.54, 1.807) is 21.1 Å². The summed E-state index contributed by atoms with van der Waals surface area (Å²) in [6, 6.07) is 13.2. The van der Waals surface area contributed by atoms with Crippen LogP contribution in [0.5, 0.6) is 17.2 Å². The molecule has 1 N–H and O–H groups in total. The number of rotatable bonds is 7. The van der Waals surface area contributed by atoms with Gasteiger partial charge in [0.1, 0.15) is 5.75 Å². The third kappa shape index (κ3) is 4.41. The highest BCUT2D eigenvalue weighted by Crippen LogP contribution is 2.27. The Hall–Kier alpha value is -2.69. The van der Waals surface area contributed by atoms with Crippen molar-refractivity contribution in [1.82, 2.24) is 5.32 Å². The van der Waals surface area contributed by atoms with Crippen molar-refractivity contribution in [2.45, 2.75) is 26.5 Å². The maximum atomic E-state index is 12.2. The lowest BCUT2D eigenvalue weighted by Crippen LogP contribution is -2.36. The second-order valence-corrected chi connectivity index (χ2v) is 5.43. The Morgan fingerprint density at radius 2 is 1.75 bits per heavy atom. The quantitative estimate of drug-likeness (QED) is 0.848. The van der Waals surface area contributed by atoms with E-state index in [1.165, 1.54) is 0 Å². The van der Waals surface area contributed by atoms with Crippen molar-refractivity contribution in [3.63, 3.8) is 0 Å². The van der Waals surface area contributed by atoms with Crippen molar-refractivity contribution < 1.29 is 19.0 Å². The van der Waals surface area contributed by atoms with Crippen molar-refractivity contribution in [3.8, 4) is 17.2 Å². The fourth-order valence-corrected chi connectivity index (χ4v) is 2.26. The molecule has 2 rings (SSSR count). The third-order valence-electron chi connectivity index (χ3n) is 3.68. The van der Waals surface area contributed by atoms with Crippen LogP contribution >= 0.6 is 0 Å². The van der Waals surface area contributed by atoms with Gasteiger partial charge in [0.25, 0.3) is 5.91 Å². The molecule has 24 heavy (non-hydrogen) atoms. The molecule has 5 heteroatoms. The van der Waals surface area contributed by atoms with Crippen LogP contribution in [0.1, 0.15) is 18.1 Å². The number of carbonyl (C=O) groups excluding carboxylic acids is 1. The molecule has 2 aromatic carbocycles. The molecule has 2 aromatic rings. The first-order chi connectivity index (χ1) is 11.5. The Morgan fingerprint density at radius 1 is 1.04 bits per heavy atom. The number of para-hydroxylation sites is 1. The third-order valence-corrected chi connectivity index (χ3v) is 3.68. The first kappa shape index (κ1) is 17.7. The van der Waals surface area contributed by atoms with Gasteiger partial charge in [0.05, 0.1) is 14.2 Å². The topological polar surface area (TPSA) is 56.8 Å². The van der Waals surface area contributed by atoms with Crippen LogP contribution in [-0.2, 0) is 11.3 Å². The van der Waals surface area contributed by atoms with Crippen LogP contribution in [0.2, 0.25) is 0 Å². The molecule has 1 amide bonds. The molecule has 0 heterocycles. The molecule has 0 aliphatic heterocycles. The molecular formula is C19H23NO4. The zero-order chi connectivity index (χ0) is 17.5. The number of benzene rings is 2. The van der Waals surface area contributed by atoms with Gasteiger partial charge in [0, 0.05) is 6.54 Å². The molecule has 0 aromatic heterocycles. The van der Waals surface area contributed by atoms with Crippen LogP contribution in [0.25, 0.3) is 0 Å².